The average molecular weight is 165 g/mol. The van der Waals surface area contributed by atoms with Crippen LogP contribution in [0.15, 0.2) is 36.5 Å². The van der Waals surface area contributed by atoms with Crippen molar-refractivity contribution in [1.82, 2.24) is 0 Å². The number of allylic oxidation sites excluding steroid dienone is 4. The van der Waals surface area contributed by atoms with Crippen LogP contribution in [0.3, 0.4) is 0 Å². The molecule has 3 heteroatoms. The number of rotatable bonds is 4. The van der Waals surface area contributed by atoms with Crippen LogP contribution in [0.5, 0.6) is 0 Å². The Hall–Kier alpha value is -1.64. The van der Waals surface area contributed by atoms with Gasteiger partial charge in [0.25, 0.3) is 0 Å². The van der Waals surface area contributed by atoms with E-state index in [9.17, 15) is 4.79 Å². The van der Waals surface area contributed by atoms with Crippen LogP contribution in [0.1, 0.15) is 6.92 Å². The summed E-state index contributed by atoms with van der Waals surface area (Å²) >= 11 is 0. The molecule has 0 aliphatic heterocycles. The number of carboxylic acid groups (broad SMARTS) is 1. The van der Waals surface area contributed by atoms with Crippen LogP contribution in [-0.4, -0.2) is 16.8 Å². The Kier molecular flexibility index (Phi) is 4.38. The monoisotopic (exact) mass is 165 g/mol. The molecular weight excluding hydrogens is 154 g/mol. The van der Waals surface area contributed by atoms with Crippen molar-refractivity contribution < 1.29 is 9.90 Å². The number of nitrogens with one attached hydrogen (secondary N) is 1. The molecule has 0 aromatic carbocycles. The highest BCUT2D eigenvalue weighted by Crippen LogP contribution is 1.95. The predicted octanol–water partition coefficient (Wildman–Crippen LogP) is 1.78. The summed E-state index contributed by atoms with van der Waals surface area (Å²) in [5.74, 6) is -1.21. The molecule has 0 amide bonds. The third-order valence-corrected chi connectivity index (χ3v) is 1.20. The number of carbonyl (C=O) groups is 1. The Morgan fingerprint density at radius 1 is 1.50 bits per heavy atom. The van der Waals surface area contributed by atoms with Crippen molar-refractivity contribution in [3.05, 3.63) is 36.5 Å². The predicted molar refractivity (Wildman–Crippen MR) is 48.5 cm³/mol. The molecule has 0 saturated carbocycles. The summed E-state index contributed by atoms with van der Waals surface area (Å²) in [6, 6.07) is 0. The first-order chi connectivity index (χ1) is 5.59. The van der Waals surface area contributed by atoms with E-state index in [0.717, 1.165) is 0 Å². The minimum atomic E-state index is -1.21. The summed E-state index contributed by atoms with van der Waals surface area (Å²) in [4.78, 5) is 10.3. The maximum atomic E-state index is 10.3. The van der Waals surface area contributed by atoms with E-state index in [1.54, 1.807) is 31.2 Å². The molecule has 0 saturated heterocycles. The van der Waals surface area contributed by atoms with Gasteiger partial charge < -0.3 is 5.11 Å². The van der Waals surface area contributed by atoms with E-state index in [-0.39, 0.29) is 5.71 Å². The van der Waals surface area contributed by atoms with E-state index in [0.29, 0.717) is 5.57 Å². The number of aliphatic carboxylic acids is 1. The van der Waals surface area contributed by atoms with Crippen molar-refractivity contribution in [2.75, 3.05) is 0 Å². The van der Waals surface area contributed by atoms with Gasteiger partial charge in [0.15, 0.2) is 0 Å². The highest BCUT2D eigenvalue weighted by molar-refractivity contribution is 6.40. The minimum absolute atomic E-state index is 0.385. The SMILES string of the molecule is C=C/C=C\C=C(/C)C(=N)C(=O)O. The lowest BCUT2D eigenvalue weighted by Crippen LogP contribution is -2.12. The van der Waals surface area contributed by atoms with E-state index >= 15 is 0 Å². The molecule has 0 aromatic heterocycles. The van der Waals surface area contributed by atoms with Gasteiger partial charge in [0.1, 0.15) is 5.71 Å². The Labute approximate surface area is 71.2 Å². The maximum Gasteiger partial charge on any atom is 0.354 e. The van der Waals surface area contributed by atoms with Crippen LogP contribution >= 0.6 is 0 Å². The molecule has 64 valence electrons. The number of hydrogen-bond acceptors (Lipinski definition) is 2. The molecule has 0 aromatic rings. The van der Waals surface area contributed by atoms with E-state index in [1.807, 2.05) is 0 Å². The molecule has 0 unspecified atom stereocenters. The topological polar surface area (TPSA) is 61.2 Å². The molecule has 0 spiro atoms. The van der Waals surface area contributed by atoms with Gasteiger partial charge in [-0.15, -0.1) is 0 Å². The van der Waals surface area contributed by atoms with Crippen molar-refractivity contribution in [3.63, 3.8) is 0 Å². The summed E-state index contributed by atoms with van der Waals surface area (Å²) in [6.45, 7) is 5.02. The summed E-state index contributed by atoms with van der Waals surface area (Å²) in [5, 5.41) is 15.5. The summed E-state index contributed by atoms with van der Waals surface area (Å²) in [6.07, 6.45) is 6.44. The Bertz CT molecular complexity index is 262. The van der Waals surface area contributed by atoms with E-state index < -0.39 is 5.97 Å². The molecule has 0 heterocycles. The van der Waals surface area contributed by atoms with Crippen molar-refractivity contribution >= 4 is 11.7 Å². The zero-order valence-corrected chi connectivity index (χ0v) is 6.87. The van der Waals surface area contributed by atoms with Gasteiger partial charge in [0.05, 0.1) is 0 Å². The molecule has 2 N–H and O–H groups in total. The van der Waals surface area contributed by atoms with Crippen molar-refractivity contribution in [1.29, 1.82) is 5.41 Å². The quantitative estimate of drug-likeness (QED) is 0.492. The van der Waals surface area contributed by atoms with Gasteiger partial charge >= 0.3 is 5.97 Å². The molecule has 0 radical (unpaired) electrons. The molecule has 0 atom stereocenters. The zero-order valence-electron chi connectivity index (χ0n) is 6.87. The summed E-state index contributed by atoms with van der Waals surface area (Å²) < 4.78 is 0. The molecule has 0 aliphatic rings. The van der Waals surface area contributed by atoms with E-state index in [1.165, 1.54) is 0 Å². The molecule has 0 fully saturated rings. The zero-order chi connectivity index (χ0) is 9.56. The lowest BCUT2D eigenvalue weighted by molar-refractivity contribution is -0.129. The largest absolute Gasteiger partial charge is 0.477 e. The van der Waals surface area contributed by atoms with Crippen molar-refractivity contribution in [2.45, 2.75) is 6.92 Å². The first kappa shape index (κ1) is 10.4. The van der Waals surface area contributed by atoms with Crippen LogP contribution in [-0.2, 0) is 4.79 Å². The molecular formula is C9H11NO2. The van der Waals surface area contributed by atoms with E-state index in [4.69, 9.17) is 10.5 Å². The van der Waals surface area contributed by atoms with Gasteiger partial charge in [-0.25, -0.2) is 4.79 Å². The Morgan fingerprint density at radius 3 is 2.50 bits per heavy atom. The van der Waals surface area contributed by atoms with Crippen LogP contribution in [0.25, 0.3) is 0 Å². The van der Waals surface area contributed by atoms with Gasteiger partial charge in [-0.2, -0.15) is 0 Å². The fourth-order valence-corrected chi connectivity index (χ4v) is 0.530. The fraction of sp³-hybridized carbons (Fsp3) is 0.111. The first-order valence-corrected chi connectivity index (χ1v) is 3.37. The standard InChI is InChI=1S/C9H11NO2/c1-3-4-5-6-7(2)8(10)9(11)12/h3-6,10H,1H2,2H3,(H,11,12)/b5-4-,7-6+,10-8?. The van der Waals surface area contributed by atoms with Crippen molar-refractivity contribution in [2.24, 2.45) is 0 Å². The highest BCUT2D eigenvalue weighted by atomic mass is 16.4. The van der Waals surface area contributed by atoms with Crippen LogP contribution < -0.4 is 0 Å². The fourth-order valence-electron chi connectivity index (χ4n) is 0.530. The molecule has 0 rings (SSSR count). The molecule has 3 nitrogen and oxygen atoms in total. The first-order valence-electron chi connectivity index (χ1n) is 3.37. The third-order valence-electron chi connectivity index (χ3n) is 1.20. The number of hydrogen-bond donors (Lipinski definition) is 2. The molecule has 12 heavy (non-hydrogen) atoms. The van der Waals surface area contributed by atoms with Crippen LogP contribution in [0.2, 0.25) is 0 Å². The van der Waals surface area contributed by atoms with Gasteiger partial charge in [-0.05, 0) is 12.5 Å². The number of carboxylic acids is 1. The highest BCUT2D eigenvalue weighted by Gasteiger charge is 2.06. The lowest BCUT2D eigenvalue weighted by atomic mass is 10.1. The average Bonchev–Trinajstić information content (AvgIpc) is 2.03. The molecule has 0 bridgehead atoms. The van der Waals surface area contributed by atoms with Gasteiger partial charge in [0.2, 0.25) is 0 Å². The molecule has 0 aliphatic carbocycles. The minimum Gasteiger partial charge on any atom is -0.477 e. The van der Waals surface area contributed by atoms with Gasteiger partial charge in [-0.1, -0.05) is 30.9 Å². The smallest absolute Gasteiger partial charge is 0.354 e. The second kappa shape index (κ2) is 5.07. The lowest BCUT2D eigenvalue weighted by Gasteiger charge is -1.94. The Morgan fingerprint density at radius 2 is 2.08 bits per heavy atom. The second-order valence-electron chi connectivity index (χ2n) is 2.15. The van der Waals surface area contributed by atoms with Crippen LogP contribution in [0.4, 0.5) is 0 Å². The van der Waals surface area contributed by atoms with E-state index in [2.05, 4.69) is 6.58 Å². The van der Waals surface area contributed by atoms with Gasteiger partial charge in [0, 0.05) is 0 Å². The maximum absolute atomic E-state index is 10.3. The van der Waals surface area contributed by atoms with Crippen molar-refractivity contribution in [3.8, 4) is 0 Å². The van der Waals surface area contributed by atoms with Crippen LogP contribution in [0, 0.1) is 5.41 Å². The normalized spacial score (nSPS) is 11.6. The van der Waals surface area contributed by atoms with Gasteiger partial charge in [-0.3, -0.25) is 5.41 Å². The third kappa shape index (κ3) is 3.51. The summed E-state index contributed by atoms with van der Waals surface area (Å²) in [7, 11) is 0. The summed E-state index contributed by atoms with van der Waals surface area (Å²) in [5.41, 5.74) is 0.0318. The second-order valence-corrected chi connectivity index (χ2v) is 2.15. The Balaban J connectivity index is 4.37.